The molecule has 0 radical (unpaired) electrons. The predicted octanol–water partition coefficient (Wildman–Crippen LogP) is 2.42. The van der Waals surface area contributed by atoms with Crippen LogP contribution in [0.25, 0.3) is 0 Å². The number of ether oxygens (including phenoxy) is 1. The normalized spacial score (nSPS) is 19.8. The van der Waals surface area contributed by atoms with Gasteiger partial charge in [-0.05, 0) is 37.4 Å². The molecule has 1 aliphatic heterocycles. The molecular formula is C16H23NO3. The monoisotopic (exact) mass is 277 g/mol. The summed E-state index contributed by atoms with van der Waals surface area (Å²) in [5.41, 5.74) is 1.23. The molecule has 1 saturated heterocycles. The van der Waals surface area contributed by atoms with Gasteiger partial charge in [-0.1, -0.05) is 25.1 Å². The number of para-hydroxylation sites is 1. The lowest BCUT2D eigenvalue weighted by Crippen LogP contribution is -2.40. The number of piperidine rings is 1. The van der Waals surface area contributed by atoms with Gasteiger partial charge in [-0.15, -0.1) is 0 Å². The van der Waals surface area contributed by atoms with Crippen molar-refractivity contribution < 1.29 is 14.6 Å². The van der Waals surface area contributed by atoms with Crippen molar-refractivity contribution in [2.75, 3.05) is 26.2 Å². The first-order valence-electron chi connectivity index (χ1n) is 7.34. The number of hydrogen-bond donors (Lipinski definition) is 1. The molecule has 0 bridgehead atoms. The fourth-order valence-electron chi connectivity index (χ4n) is 2.77. The Hall–Kier alpha value is -1.55. The fraction of sp³-hybridized carbons (Fsp3) is 0.562. The maximum absolute atomic E-state index is 10.8. The highest BCUT2D eigenvalue weighted by molar-refractivity contribution is 5.69. The number of benzene rings is 1. The van der Waals surface area contributed by atoms with Crippen LogP contribution in [0.3, 0.4) is 0 Å². The third-order valence-electron chi connectivity index (χ3n) is 3.79. The minimum atomic E-state index is -0.747. The van der Waals surface area contributed by atoms with Crippen molar-refractivity contribution in [2.45, 2.75) is 26.2 Å². The number of carboxylic acid groups (broad SMARTS) is 1. The van der Waals surface area contributed by atoms with Crippen LogP contribution in [0.5, 0.6) is 5.75 Å². The quantitative estimate of drug-likeness (QED) is 0.867. The van der Waals surface area contributed by atoms with E-state index in [9.17, 15) is 4.79 Å². The topological polar surface area (TPSA) is 49.8 Å². The SMILES string of the molecule is CCc1ccccc1OC[C@@H]1CCCN(CC(=O)O)C1. The summed E-state index contributed by atoms with van der Waals surface area (Å²) < 4.78 is 5.95. The molecule has 4 heteroatoms. The third kappa shape index (κ3) is 4.23. The van der Waals surface area contributed by atoms with E-state index in [1.807, 2.05) is 23.1 Å². The molecule has 1 fully saturated rings. The average Bonchev–Trinajstić information content (AvgIpc) is 2.45. The molecule has 0 unspecified atom stereocenters. The minimum absolute atomic E-state index is 0.141. The second-order valence-corrected chi connectivity index (χ2v) is 5.41. The molecule has 20 heavy (non-hydrogen) atoms. The Morgan fingerprint density at radius 1 is 1.45 bits per heavy atom. The molecule has 0 saturated carbocycles. The number of nitrogens with zero attached hydrogens (tertiary/aromatic N) is 1. The van der Waals surface area contributed by atoms with Crippen LogP contribution < -0.4 is 4.74 Å². The van der Waals surface area contributed by atoms with Crippen LogP contribution in [0.4, 0.5) is 0 Å². The van der Waals surface area contributed by atoms with Gasteiger partial charge in [-0.2, -0.15) is 0 Å². The standard InChI is InChI=1S/C16H23NO3/c1-2-14-7-3-4-8-15(14)20-12-13-6-5-9-17(10-13)11-16(18)19/h3-4,7-8,13H,2,5-6,9-12H2,1H3,(H,18,19)/t13-/m1/s1. The molecule has 0 spiro atoms. The van der Waals surface area contributed by atoms with Gasteiger partial charge < -0.3 is 9.84 Å². The number of aryl methyl sites for hydroxylation is 1. The first kappa shape index (κ1) is 14.9. The van der Waals surface area contributed by atoms with Gasteiger partial charge in [-0.3, -0.25) is 9.69 Å². The lowest BCUT2D eigenvalue weighted by Gasteiger charge is -2.31. The highest BCUT2D eigenvalue weighted by Gasteiger charge is 2.22. The van der Waals surface area contributed by atoms with Gasteiger partial charge in [0.2, 0.25) is 0 Å². The number of rotatable bonds is 6. The summed E-state index contributed by atoms with van der Waals surface area (Å²) >= 11 is 0. The van der Waals surface area contributed by atoms with E-state index in [4.69, 9.17) is 9.84 Å². The molecule has 110 valence electrons. The summed E-state index contributed by atoms with van der Waals surface area (Å²) in [5, 5.41) is 8.86. The number of likely N-dealkylation sites (tertiary alicyclic amines) is 1. The second kappa shape index (κ2) is 7.29. The Morgan fingerprint density at radius 3 is 3.00 bits per heavy atom. The van der Waals surface area contributed by atoms with Crippen molar-refractivity contribution in [1.82, 2.24) is 4.90 Å². The Labute approximate surface area is 120 Å². The molecule has 2 rings (SSSR count). The lowest BCUT2D eigenvalue weighted by molar-refractivity contribution is -0.138. The van der Waals surface area contributed by atoms with Crippen molar-refractivity contribution in [2.24, 2.45) is 5.92 Å². The zero-order valence-electron chi connectivity index (χ0n) is 12.0. The van der Waals surface area contributed by atoms with E-state index < -0.39 is 5.97 Å². The van der Waals surface area contributed by atoms with Crippen LogP contribution in [0.1, 0.15) is 25.3 Å². The van der Waals surface area contributed by atoms with Crippen LogP contribution in [0, 0.1) is 5.92 Å². The second-order valence-electron chi connectivity index (χ2n) is 5.41. The van der Waals surface area contributed by atoms with Gasteiger partial charge in [0, 0.05) is 12.5 Å². The van der Waals surface area contributed by atoms with Crippen LogP contribution in [-0.2, 0) is 11.2 Å². The van der Waals surface area contributed by atoms with Gasteiger partial charge >= 0.3 is 5.97 Å². The fourth-order valence-corrected chi connectivity index (χ4v) is 2.77. The van der Waals surface area contributed by atoms with Crippen LogP contribution in [-0.4, -0.2) is 42.2 Å². The third-order valence-corrected chi connectivity index (χ3v) is 3.79. The summed E-state index contributed by atoms with van der Waals surface area (Å²) in [4.78, 5) is 12.8. The van der Waals surface area contributed by atoms with Crippen molar-refractivity contribution in [3.05, 3.63) is 29.8 Å². The smallest absolute Gasteiger partial charge is 0.317 e. The Balaban J connectivity index is 1.85. The molecule has 0 amide bonds. The summed E-state index contributed by atoms with van der Waals surface area (Å²) in [6.07, 6.45) is 3.13. The Morgan fingerprint density at radius 2 is 2.25 bits per heavy atom. The zero-order chi connectivity index (χ0) is 14.4. The molecule has 1 aromatic rings. The van der Waals surface area contributed by atoms with Crippen molar-refractivity contribution >= 4 is 5.97 Å². The Bertz CT molecular complexity index is 447. The first-order chi connectivity index (χ1) is 9.69. The summed E-state index contributed by atoms with van der Waals surface area (Å²) in [5.74, 6) is 0.640. The van der Waals surface area contributed by atoms with Crippen LogP contribution in [0.15, 0.2) is 24.3 Å². The van der Waals surface area contributed by atoms with Gasteiger partial charge in [0.1, 0.15) is 5.75 Å². The number of hydrogen-bond acceptors (Lipinski definition) is 3. The largest absolute Gasteiger partial charge is 0.493 e. The molecular weight excluding hydrogens is 254 g/mol. The lowest BCUT2D eigenvalue weighted by atomic mass is 9.99. The average molecular weight is 277 g/mol. The van der Waals surface area contributed by atoms with Crippen LogP contribution in [0.2, 0.25) is 0 Å². The zero-order valence-corrected chi connectivity index (χ0v) is 12.0. The number of carbonyl (C=O) groups is 1. The molecule has 0 aliphatic carbocycles. The van der Waals surface area contributed by atoms with Crippen molar-refractivity contribution in [1.29, 1.82) is 0 Å². The minimum Gasteiger partial charge on any atom is -0.493 e. The van der Waals surface area contributed by atoms with E-state index in [1.165, 1.54) is 5.56 Å². The molecule has 1 N–H and O–H groups in total. The van der Waals surface area contributed by atoms with Crippen molar-refractivity contribution in [3.63, 3.8) is 0 Å². The van der Waals surface area contributed by atoms with Crippen LogP contribution >= 0.6 is 0 Å². The van der Waals surface area contributed by atoms with Gasteiger partial charge in [0.25, 0.3) is 0 Å². The van der Waals surface area contributed by atoms with E-state index in [1.54, 1.807) is 0 Å². The maximum Gasteiger partial charge on any atom is 0.317 e. The Kier molecular flexibility index (Phi) is 5.41. The highest BCUT2D eigenvalue weighted by Crippen LogP contribution is 2.22. The van der Waals surface area contributed by atoms with Gasteiger partial charge in [-0.25, -0.2) is 0 Å². The molecule has 1 atom stereocenters. The summed E-state index contributed by atoms with van der Waals surface area (Å²) in [6, 6.07) is 8.12. The molecule has 1 aromatic carbocycles. The summed E-state index contributed by atoms with van der Waals surface area (Å²) in [6.45, 7) is 4.64. The van der Waals surface area contributed by atoms with Gasteiger partial charge in [0.15, 0.2) is 0 Å². The van der Waals surface area contributed by atoms with E-state index in [0.29, 0.717) is 12.5 Å². The molecule has 1 aliphatic rings. The van der Waals surface area contributed by atoms with E-state index in [-0.39, 0.29) is 6.54 Å². The van der Waals surface area contributed by atoms with E-state index in [2.05, 4.69) is 13.0 Å². The molecule has 4 nitrogen and oxygen atoms in total. The van der Waals surface area contributed by atoms with E-state index >= 15 is 0 Å². The molecule has 0 aromatic heterocycles. The number of carboxylic acids is 1. The van der Waals surface area contributed by atoms with E-state index in [0.717, 1.165) is 38.1 Å². The van der Waals surface area contributed by atoms with Gasteiger partial charge in [0.05, 0.1) is 13.2 Å². The predicted molar refractivity (Wildman–Crippen MR) is 78.1 cm³/mol. The van der Waals surface area contributed by atoms with Crippen molar-refractivity contribution in [3.8, 4) is 5.75 Å². The highest BCUT2D eigenvalue weighted by atomic mass is 16.5. The maximum atomic E-state index is 10.8. The summed E-state index contributed by atoms with van der Waals surface area (Å²) in [7, 11) is 0. The first-order valence-corrected chi connectivity index (χ1v) is 7.34. The molecule has 1 heterocycles. The number of aliphatic carboxylic acids is 1.